The van der Waals surface area contributed by atoms with Crippen LogP contribution in [0.5, 0.6) is 0 Å². The highest BCUT2D eigenvalue weighted by Crippen LogP contribution is 2.27. The standard InChI is InChI=1S/C20H16FN5O2S/c1-11-12(2)22-20(24-18(11)27)26-17(10-15(25-26)16-8-5-9-29-16)23-19(28)13-6-3-4-7-14(13)21/h3-10H,1-2H3,(H,23,28)(H,22,24,27). The molecule has 0 aliphatic heterocycles. The molecule has 3 aromatic heterocycles. The number of rotatable bonds is 4. The molecule has 9 heteroatoms. The highest BCUT2D eigenvalue weighted by molar-refractivity contribution is 7.13. The molecule has 0 atom stereocenters. The van der Waals surface area contributed by atoms with Crippen LogP contribution in [0.15, 0.2) is 52.6 Å². The van der Waals surface area contributed by atoms with Gasteiger partial charge in [-0.15, -0.1) is 11.3 Å². The largest absolute Gasteiger partial charge is 0.306 e. The van der Waals surface area contributed by atoms with Gasteiger partial charge in [0.15, 0.2) is 0 Å². The third-order valence-electron chi connectivity index (χ3n) is 4.43. The van der Waals surface area contributed by atoms with E-state index in [2.05, 4.69) is 20.4 Å². The van der Waals surface area contributed by atoms with Crippen LogP contribution in [-0.2, 0) is 0 Å². The van der Waals surface area contributed by atoms with Crippen molar-refractivity contribution in [2.45, 2.75) is 13.8 Å². The fourth-order valence-corrected chi connectivity index (χ4v) is 3.42. The normalized spacial score (nSPS) is 10.9. The van der Waals surface area contributed by atoms with Crippen LogP contribution in [0.3, 0.4) is 0 Å². The Morgan fingerprint density at radius 1 is 1.21 bits per heavy atom. The first-order chi connectivity index (χ1) is 13.9. The number of aryl methyl sites for hydroxylation is 1. The molecule has 0 saturated carbocycles. The number of aromatic amines is 1. The minimum Gasteiger partial charge on any atom is -0.306 e. The Hall–Kier alpha value is -3.59. The number of hydrogen-bond donors (Lipinski definition) is 2. The molecule has 0 fully saturated rings. The van der Waals surface area contributed by atoms with Gasteiger partial charge in [0.25, 0.3) is 11.5 Å². The number of halogens is 1. The maximum atomic E-state index is 14.0. The van der Waals surface area contributed by atoms with Crippen molar-refractivity contribution < 1.29 is 9.18 Å². The van der Waals surface area contributed by atoms with Crippen molar-refractivity contribution >= 4 is 23.1 Å². The summed E-state index contributed by atoms with van der Waals surface area (Å²) in [5, 5.41) is 9.06. The molecule has 0 aliphatic rings. The summed E-state index contributed by atoms with van der Waals surface area (Å²) in [5.74, 6) is -0.849. The topological polar surface area (TPSA) is 92.7 Å². The van der Waals surface area contributed by atoms with Gasteiger partial charge in [-0.05, 0) is 37.4 Å². The Morgan fingerprint density at radius 3 is 2.69 bits per heavy atom. The van der Waals surface area contributed by atoms with Crippen LogP contribution in [0.4, 0.5) is 10.2 Å². The average Bonchev–Trinajstić information content (AvgIpc) is 3.36. The summed E-state index contributed by atoms with van der Waals surface area (Å²) in [6, 6.07) is 11.1. The lowest BCUT2D eigenvalue weighted by Crippen LogP contribution is -2.21. The number of carbonyl (C=O) groups is 1. The third kappa shape index (κ3) is 3.59. The van der Waals surface area contributed by atoms with Gasteiger partial charge in [-0.1, -0.05) is 18.2 Å². The smallest absolute Gasteiger partial charge is 0.259 e. The van der Waals surface area contributed by atoms with E-state index in [1.165, 1.54) is 34.2 Å². The van der Waals surface area contributed by atoms with E-state index >= 15 is 0 Å². The van der Waals surface area contributed by atoms with E-state index < -0.39 is 11.7 Å². The van der Waals surface area contributed by atoms with Gasteiger partial charge >= 0.3 is 0 Å². The van der Waals surface area contributed by atoms with Gasteiger partial charge in [-0.25, -0.2) is 9.37 Å². The predicted molar refractivity (Wildman–Crippen MR) is 109 cm³/mol. The number of amides is 1. The summed E-state index contributed by atoms with van der Waals surface area (Å²) >= 11 is 1.48. The molecule has 3 heterocycles. The van der Waals surface area contributed by atoms with E-state index in [1.807, 2.05) is 17.5 Å². The summed E-state index contributed by atoms with van der Waals surface area (Å²) < 4.78 is 15.3. The van der Waals surface area contributed by atoms with E-state index in [4.69, 9.17) is 0 Å². The predicted octanol–water partition coefficient (Wildman–Crippen LogP) is 3.69. The second-order valence-corrected chi connectivity index (χ2v) is 7.29. The zero-order chi connectivity index (χ0) is 20.5. The molecule has 0 unspecified atom stereocenters. The van der Waals surface area contributed by atoms with Crippen LogP contribution in [0.2, 0.25) is 0 Å². The number of hydrogen-bond acceptors (Lipinski definition) is 5. The van der Waals surface area contributed by atoms with E-state index in [9.17, 15) is 14.0 Å². The van der Waals surface area contributed by atoms with Crippen molar-refractivity contribution in [3.8, 4) is 16.5 Å². The summed E-state index contributed by atoms with van der Waals surface area (Å²) in [6.45, 7) is 3.39. The highest BCUT2D eigenvalue weighted by atomic mass is 32.1. The van der Waals surface area contributed by atoms with Gasteiger partial charge in [0, 0.05) is 17.3 Å². The molecular weight excluding hydrogens is 393 g/mol. The van der Waals surface area contributed by atoms with E-state index in [0.29, 0.717) is 17.0 Å². The molecule has 2 N–H and O–H groups in total. The molecular formula is C20H16FN5O2S. The quantitative estimate of drug-likeness (QED) is 0.538. The SMILES string of the molecule is Cc1nc(-n2nc(-c3cccs3)cc2NC(=O)c2ccccc2F)[nH]c(=O)c1C. The molecule has 1 aromatic carbocycles. The van der Waals surface area contributed by atoms with Gasteiger partial charge < -0.3 is 5.32 Å². The second-order valence-electron chi connectivity index (χ2n) is 6.34. The average molecular weight is 409 g/mol. The number of thiophene rings is 1. The molecule has 29 heavy (non-hydrogen) atoms. The van der Waals surface area contributed by atoms with Crippen LogP contribution in [-0.4, -0.2) is 25.7 Å². The Bertz CT molecular complexity index is 1260. The summed E-state index contributed by atoms with van der Waals surface area (Å²) in [4.78, 5) is 32.7. The fourth-order valence-electron chi connectivity index (χ4n) is 2.74. The minimum atomic E-state index is -0.632. The van der Waals surface area contributed by atoms with Gasteiger partial charge in [0.1, 0.15) is 17.3 Å². The number of H-pyrrole nitrogens is 1. The molecule has 0 radical (unpaired) electrons. The maximum Gasteiger partial charge on any atom is 0.259 e. The lowest BCUT2D eigenvalue weighted by atomic mass is 10.2. The molecule has 1 amide bonds. The Labute approximate surface area is 168 Å². The first kappa shape index (κ1) is 18.8. The number of nitrogens with zero attached hydrogens (tertiary/aromatic N) is 3. The molecule has 0 bridgehead atoms. The molecule has 0 spiro atoms. The highest BCUT2D eigenvalue weighted by Gasteiger charge is 2.19. The van der Waals surface area contributed by atoms with Crippen molar-refractivity contribution in [2.75, 3.05) is 5.32 Å². The zero-order valence-corrected chi connectivity index (χ0v) is 16.4. The summed E-state index contributed by atoms with van der Waals surface area (Å²) in [7, 11) is 0. The number of nitrogens with one attached hydrogen (secondary N) is 2. The number of benzene rings is 1. The first-order valence-electron chi connectivity index (χ1n) is 8.72. The number of anilines is 1. The van der Waals surface area contributed by atoms with Crippen molar-refractivity contribution in [3.05, 3.63) is 80.8 Å². The summed E-state index contributed by atoms with van der Waals surface area (Å²) in [6.07, 6.45) is 0. The van der Waals surface area contributed by atoms with Gasteiger partial charge in [0.05, 0.1) is 10.4 Å². The monoisotopic (exact) mass is 409 g/mol. The van der Waals surface area contributed by atoms with E-state index in [0.717, 1.165) is 4.88 Å². The van der Waals surface area contributed by atoms with Crippen LogP contribution in [0.1, 0.15) is 21.6 Å². The van der Waals surface area contributed by atoms with Gasteiger partial charge in [-0.3, -0.25) is 14.6 Å². The Kier molecular flexibility index (Phi) is 4.81. The number of aromatic nitrogens is 4. The lowest BCUT2D eigenvalue weighted by molar-refractivity contribution is 0.102. The van der Waals surface area contributed by atoms with E-state index in [-0.39, 0.29) is 22.9 Å². The molecule has 0 aliphatic carbocycles. The van der Waals surface area contributed by atoms with Crippen molar-refractivity contribution in [3.63, 3.8) is 0 Å². The molecule has 4 aromatic rings. The van der Waals surface area contributed by atoms with Crippen molar-refractivity contribution in [2.24, 2.45) is 0 Å². The zero-order valence-electron chi connectivity index (χ0n) is 15.6. The molecule has 0 saturated heterocycles. The third-order valence-corrected chi connectivity index (χ3v) is 5.32. The van der Waals surface area contributed by atoms with Crippen LogP contribution < -0.4 is 10.9 Å². The molecule has 7 nitrogen and oxygen atoms in total. The van der Waals surface area contributed by atoms with Crippen molar-refractivity contribution in [1.29, 1.82) is 0 Å². The maximum absolute atomic E-state index is 14.0. The first-order valence-corrected chi connectivity index (χ1v) is 9.59. The van der Waals surface area contributed by atoms with Crippen LogP contribution >= 0.6 is 11.3 Å². The summed E-state index contributed by atoms with van der Waals surface area (Å²) in [5.41, 5.74) is 1.23. The Morgan fingerprint density at radius 2 is 2.00 bits per heavy atom. The van der Waals surface area contributed by atoms with E-state index in [1.54, 1.807) is 26.0 Å². The van der Waals surface area contributed by atoms with Gasteiger partial charge in [-0.2, -0.15) is 9.78 Å². The minimum absolute atomic E-state index is 0.0977. The molecule has 146 valence electrons. The Balaban J connectivity index is 1.81. The van der Waals surface area contributed by atoms with Crippen molar-refractivity contribution in [1.82, 2.24) is 19.7 Å². The second kappa shape index (κ2) is 7.44. The number of carbonyl (C=O) groups excluding carboxylic acids is 1. The van der Waals surface area contributed by atoms with Crippen LogP contribution in [0, 0.1) is 19.7 Å². The fraction of sp³-hybridized carbons (Fsp3) is 0.100. The van der Waals surface area contributed by atoms with Crippen LogP contribution in [0.25, 0.3) is 16.5 Å². The van der Waals surface area contributed by atoms with Gasteiger partial charge in [0.2, 0.25) is 5.95 Å². The molecule has 4 rings (SSSR count). The lowest BCUT2D eigenvalue weighted by Gasteiger charge is -2.09.